The molecule has 1 aromatic rings. The molecule has 0 aliphatic heterocycles. The molecular weight excluding hydrogens is 390 g/mol. The molecule has 3 nitrogen and oxygen atoms in total. The molecule has 23 heavy (non-hydrogen) atoms. The summed E-state index contributed by atoms with van der Waals surface area (Å²) in [5.74, 6) is -1.73. The third-order valence-corrected chi connectivity index (χ3v) is 5.37. The fourth-order valence-electron chi connectivity index (χ4n) is 4.01. The highest BCUT2D eigenvalue weighted by Crippen LogP contribution is 2.39. The fraction of sp³-hybridized carbons (Fsp3) is 0.562. The minimum Gasteiger partial charge on any atom is -0.349 e. The predicted octanol–water partition coefficient (Wildman–Crippen LogP) is 3.78. The molecule has 2 aliphatic rings. The maximum atomic E-state index is 13.9. The monoisotopic (exact) mass is 408 g/mol. The van der Waals surface area contributed by atoms with E-state index in [1.165, 1.54) is 0 Å². The van der Waals surface area contributed by atoms with Gasteiger partial charge in [-0.25, -0.2) is 8.78 Å². The van der Waals surface area contributed by atoms with E-state index in [0.29, 0.717) is 11.8 Å². The van der Waals surface area contributed by atoms with Gasteiger partial charge < -0.3 is 11.1 Å². The molecule has 2 atom stereocenters. The molecule has 0 heterocycles. The van der Waals surface area contributed by atoms with Crippen LogP contribution in [0.2, 0.25) is 0 Å². The van der Waals surface area contributed by atoms with Gasteiger partial charge in [-0.05, 0) is 49.7 Å². The molecule has 0 saturated heterocycles. The highest BCUT2D eigenvalue weighted by Gasteiger charge is 2.40. The summed E-state index contributed by atoms with van der Waals surface area (Å²) < 4.78 is 28.1. The maximum Gasteiger partial charge on any atom is 0.257 e. The van der Waals surface area contributed by atoms with Gasteiger partial charge in [0.25, 0.3) is 5.91 Å². The molecule has 2 fully saturated rings. The molecule has 2 unspecified atom stereocenters. The van der Waals surface area contributed by atoms with E-state index >= 15 is 0 Å². The molecule has 2 aliphatic carbocycles. The van der Waals surface area contributed by atoms with Crippen LogP contribution in [0.3, 0.4) is 0 Å². The Balaban J connectivity index is 0.00000192. The van der Waals surface area contributed by atoms with E-state index in [-0.39, 0.29) is 29.0 Å². The molecule has 0 aromatic heterocycles. The summed E-state index contributed by atoms with van der Waals surface area (Å²) in [6, 6.07) is 2.36. The lowest BCUT2D eigenvalue weighted by atomic mass is 9.67. The van der Waals surface area contributed by atoms with Gasteiger partial charge in [0, 0.05) is 16.6 Å². The number of carbonyl (C=O) groups excluding carboxylic acids is 1. The van der Waals surface area contributed by atoms with E-state index in [9.17, 15) is 13.6 Å². The molecule has 2 bridgehead atoms. The number of halogens is 4. The Labute approximate surface area is 148 Å². The van der Waals surface area contributed by atoms with Gasteiger partial charge in [0.2, 0.25) is 0 Å². The van der Waals surface area contributed by atoms with Crippen molar-refractivity contribution in [2.75, 3.05) is 0 Å². The zero-order valence-electron chi connectivity index (χ0n) is 12.5. The summed E-state index contributed by atoms with van der Waals surface area (Å²) in [6.45, 7) is 0. The van der Waals surface area contributed by atoms with Crippen LogP contribution < -0.4 is 11.1 Å². The van der Waals surface area contributed by atoms with E-state index in [2.05, 4.69) is 21.2 Å². The first kappa shape index (κ1) is 18.6. The Morgan fingerprint density at radius 3 is 2.22 bits per heavy atom. The van der Waals surface area contributed by atoms with Crippen LogP contribution in [-0.4, -0.2) is 18.0 Å². The van der Waals surface area contributed by atoms with Crippen LogP contribution in [0, 0.1) is 23.5 Å². The number of hydrogen-bond donors (Lipinski definition) is 2. The SMILES string of the molecule is Cl.NC1CC2CCCC(C1)C2NC(=O)c1c(F)cc(Br)cc1F. The maximum absolute atomic E-state index is 13.9. The average Bonchev–Trinajstić information content (AvgIpc) is 2.38. The molecule has 3 rings (SSSR count). The van der Waals surface area contributed by atoms with Crippen LogP contribution in [-0.2, 0) is 0 Å². The third-order valence-electron chi connectivity index (χ3n) is 4.91. The minimum absolute atomic E-state index is 0. The largest absolute Gasteiger partial charge is 0.349 e. The molecule has 1 aromatic carbocycles. The van der Waals surface area contributed by atoms with Crippen molar-refractivity contribution in [3.63, 3.8) is 0 Å². The standard InChI is InChI=1S/C16H19BrF2N2O.ClH/c17-10-6-12(18)14(13(19)7-10)16(22)21-15-8-2-1-3-9(15)5-11(20)4-8;/h6-9,11,15H,1-5,20H2,(H,21,22);1H. The van der Waals surface area contributed by atoms with Gasteiger partial charge in [0.05, 0.1) is 0 Å². The van der Waals surface area contributed by atoms with Crippen LogP contribution in [0.25, 0.3) is 0 Å². The Hall–Kier alpha value is -0.720. The molecule has 128 valence electrons. The summed E-state index contributed by atoms with van der Waals surface area (Å²) in [4.78, 5) is 12.3. The molecule has 0 spiro atoms. The Bertz CT molecular complexity index is 564. The number of carbonyl (C=O) groups is 1. The van der Waals surface area contributed by atoms with E-state index in [4.69, 9.17) is 5.73 Å². The highest BCUT2D eigenvalue weighted by atomic mass is 79.9. The van der Waals surface area contributed by atoms with Crippen LogP contribution in [0.5, 0.6) is 0 Å². The predicted molar refractivity (Wildman–Crippen MR) is 90.6 cm³/mol. The van der Waals surface area contributed by atoms with Gasteiger partial charge in [-0.3, -0.25) is 4.79 Å². The van der Waals surface area contributed by atoms with Gasteiger partial charge in [-0.15, -0.1) is 12.4 Å². The van der Waals surface area contributed by atoms with Gasteiger partial charge in [-0.1, -0.05) is 22.4 Å². The molecule has 3 N–H and O–H groups in total. The zero-order valence-corrected chi connectivity index (χ0v) is 14.9. The molecular formula is C16H20BrClF2N2O. The second kappa shape index (κ2) is 7.45. The van der Waals surface area contributed by atoms with Crippen molar-refractivity contribution in [2.24, 2.45) is 17.6 Å². The lowest BCUT2D eigenvalue weighted by Crippen LogP contribution is -2.53. The summed E-state index contributed by atoms with van der Waals surface area (Å²) in [6.07, 6.45) is 4.90. The third kappa shape index (κ3) is 3.86. The number of rotatable bonds is 2. The quantitative estimate of drug-likeness (QED) is 0.781. The first-order chi connectivity index (χ1) is 10.5. The first-order valence-corrected chi connectivity index (χ1v) is 8.46. The van der Waals surface area contributed by atoms with Crippen molar-refractivity contribution in [1.82, 2.24) is 5.32 Å². The molecule has 1 amide bonds. The number of hydrogen-bond acceptors (Lipinski definition) is 2. The average molecular weight is 410 g/mol. The van der Waals surface area contributed by atoms with Crippen molar-refractivity contribution < 1.29 is 13.6 Å². The van der Waals surface area contributed by atoms with Crippen LogP contribution in [0.15, 0.2) is 16.6 Å². The molecule has 2 saturated carbocycles. The van der Waals surface area contributed by atoms with Crippen LogP contribution in [0.1, 0.15) is 42.5 Å². The van der Waals surface area contributed by atoms with E-state index in [1.54, 1.807) is 0 Å². The Kier molecular flexibility index (Phi) is 6.03. The lowest BCUT2D eigenvalue weighted by molar-refractivity contribution is 0.0748. The summed E-state index contributed by atoms with van der Waals surface area (Å²) in [5, 5.41) is 2.87. The number of nitrogens with two attached hydrogens (primary N) is 1. The van der Waals surface area contributed by atoms with Gasteiger partial charge >= 0.3 is 0 Å². The van der Waals surface area contributed by atoms with E-state index in [1.807, 2.05) is 0 Å². The Morgan fingerprint density at radius 1 is 1.17 bits per heavy atom. The van der Waals surface area contributed by atoms with E-state index < -0.39 is 23.1 Å². The van der Waals surface area contributed by atoms with Gasteiger partial charge in [0.15, 0.2) is 0 Å². The molecule has 7 heteroatoms. The second-order valence-corrected chi connectivity index (χ2v) is 7.34. The van der Waals surface area contributed by atoms with Crippen molar-refractivity contribution >= 4 is 34.2 Å². The van der Waals surface area contributed by atoms with Crippen molar-refractivity contribution in [3.8, 4) is 0 Å². The number of nitrogens with one attached hydrogen (secondary N) is 1. The molecule has 0 radical (unpaired) electrons. The smallest absolute Gasteiger partial charge is 0.257 e. The topological polar surface area (TPSA) is 55.1 Å². The fourth-order valence-corrected chi connectivity index (χ4v) is 4.41. The number of benzene rings is 1. The zero-order chi connectivity index (χ0) is 15.9. The van der Waals surface area contributed by atoms with Crippen LogP contribution >= 0.6 is 28.3 Å². The number of amides is 1. The van der Waals surface area contributed by atoms with Gasteiger partial charge in [0.1, 0.15) is 17.2 Å². The van der Waals surface area contributed by atoms with Gasteiger partial charge in [-0.2, -0.15) is 0 Å². The normalized spacial score (nSPS) is 29.6. The first-order valence-electron chi connectivity index (χ1n) is 7.66. The number of fused-ring (bicyclic) bond motifs is 2. The second-order valence-electron chi connectivity index (χ2n) is 6.43. The summed E-state index contributed by atoms with van der Waals surface area (Å²) in [7, 11) is 0. The highest BCUT2D eigenvalue weighted by molar-refractivity contribution is 9.10. The van der Waals surface area contributed by atoms with Crippen molar-refractivity contribution in [2.45, 2.75) is 44.2 Å². The summed E-state index contributed by atoms with van der Waals surface area (Å²) >= 11 is 3.02. The minimum atomic E-state index is -0.845. The van der Waals surface area contributed by atoms with Crippen molar-refractivity contribution in [3.05, 3.63) is 33.8 Å². The summed E-state index contributed by atoms with van der Waals surface area (Å²) in [5.41, 5.74) is 5.55. The Morgan fingerprint density at radius 2 is 1.70 bits per heavy atom. The van der Waals surface area contributed by atoms with Crippen molar-refractivity contribution in [1.29, 1.82) is 0 Å². The lowest BCUT2D eigenvalue weighted by Gasteiger charge is -2.45. The van der Waals surface area contributed by atoms with E-state index in [0.717, 1.165) is 44.2 Å². The van der Waals surface area contributed by atoms with Crippen LogP contribution in [0.4, 0.5) is 8.78 Å².